The van der Waals surface area contributed by atoms with E-state index in [2.05, 4.69) is 4.99 Å². The second-order valence-electron chi connectivity index (χ2n) is 6.69. The number of hydrogen-bond donors (Lipinski definition) is 1. The highest BCUT2D eigenvalue weighted by Gasteiger charge is 2.06. The summed E-state index contributed by atoms with van der Waals surface area (Å²) in [7, 11) is 1.62. The highest BCUT2D eigenvalue weighted by atomic mass is 16.5. The van der Waals surface area contributed by atoms with Crippen LogP contribution in [-0.2, 0) is 0 Å². The number of rotatable bonds is 7. The lowest BCUT2D eigenvalue weighted by Gasteiger charge is -2.08. The van der Waals surface area contributed by atoms with Gasteiger partial charge in [-0.3, -0.25) is 4.99 Å². The molecule has 0 bridgehead atoms. The molecule has 0 aliphatic heterocycles. The molecule has 0 fully saturated rings. The zero-order chi connectivity index (χ0) is 21.6. The molecule has 0 aliphatic carbocycles. The van der Waals surface area contributed by atoms with Gasteiger partial charge in [-0.25, -0.2) is 4.79 Å². The van der Waals surface area contributed by atoms with Gasteiger partial charge in [-0.1, -0.05) is 12.1 Å². The zero-order valence-electron chi connectivity index (χ0n) is 16.8. The van der Waals surface area contributed by atoms with Gasteiger partial charge in [0.2, 0.25) is 0 Å². The van der Waals surface area contributed by atoms with Gasteiger partial charge >= 0.3 is 5.97 Å². The van der Waals surface area contributed by atoms with Gasteiger partial charge in [-0.15, -0.1) is 0 Å². The Bertz CT molecular complexity index is 1230. The SMILES string of the molecule is COc1cccc(Oc2ccc(N=Cc3cccn3-c3cccc(C(=O)O)c3)cc2)c1. The largest absolute Gasteiger partial charge is 0.497 e. The van der Waals surface area contributed by atoms with Crippen LogP contribution in [0.25, 0.3) is 5.69 Å². The van der Waals surface area contributed by atoms with E-state index in [-0.39, 0.29) is 5.56 Å². The van der Waals surface area contributed by atoms with Crippen molar-refractivity contribution in [3.63, 3.8) is 0 Å². The summed E-state index contributed by atoms with van der Waals surface area (Å²) in [4.78, 5) is 15.8. The Morgan fingerprint density at radius 1 is 0.903 bits per heavy atom. The van der Waals surface area contributed by atoms with Crippen molar-refractivity contribution in [3.8, 4) is 22.9 Å². The molecule has 3 aromatic carbocycles. The summed E-state index contributed by atoms with van der Waals surface area (Å²) in [6, 6.07) is 25.4. The molecular formula is C25H20N2O4. The van der Waals surface area contributed by atoms with Crippen LogP contribution in [0.5, 0.6) is 17.2 Å². The van der Waals surface area contributed by atoms with E-state index in [0.717, 1.165) is 22.8 Å². The molecule has 0 unspecified atom stereocenters. The molecule has 6 heteroatoms. The maximum Gasteiger partial charge on any atom is 0.335 e. The average molecular weight is 412 g/mol. The van der Waals surface area contributed by atoms with Gasteiger partial charge in [0.15, 0.2) is 0 Å². The van der Waals surface area contributed by atoms with E-state index in [4.69, 9.17) is 9.47 Å². The topological polar surface area (TPSA) is 73.0 Å². The summed E-state index contributed by atoms with van der Waals surface area (Å²) in [5.41, 5.74) is 2.60. The summed E-state index contributed by atoms with van der Waals surface area (Å²) in [6.07, 6.45) is 3.61. The minimum atomic E-state index is -0.958. The third kappa shape index (κ3) is 4.82. The molecular weight excluding hydrogens is 392 g/mol. The monoisotopic (exact) mass is 412 g/mol. The van der Waals surface area contributed by atoms with Crippen LogP contribution < -0.4 is 9.47 Å². The molecule has 1 heterocycles. The molecule has 1 aromatic heterocycles. The Morgan fingerprint density at radius 3 is 2.45 bits per heavy atom. The maximum atomic E-state index is 11.2. The van der Waals surface area contributed by atoms with E-state index in [0.29, 0.717) is 11.5 Å². The van der Waals surface area contributed by atoms with Gasteiger partial charge in [0.05, 0.1) is 30.3 Å². The van der Waals surface area contributed by atoms with E-state index in [1.165, 1.54) is 0 Å². The highest BCUT2D eigenvalue weighted by molar-refractivity contribution is 5.88. The number of methoxy groups -OCH3 is 1. The molecule has 4 aromatic rings. The fourth-order valence-corrected chi connectivity index (χ4v) is 3.06. The number of hydrogen-bond acceptors (Lipinski definition) is 4. The molecule has 0 atom stereocenters. The molecule has 6 nitrogen and oxygen atoms in total. The Balaban J connectivity index is 1.49. The van der Waals surface area contributed by atoms with Crippen LogP contribution in [0, 0.1) is 0 Å². The molecule has 31 heavy (non-hydrogen) atoms. The number of carboxylic acid groups (broad SMARTS) is 1. The predicted octanol–water partition coefficient (Wildman–Crippen LogP) is 5.73. The minimum Gasteiger partial charge on any atom is -0.497 e. The summed E-state index contributed by atoms with van der Waals surface area (Å²) in [5.74, 6) is 1.16. The number of aliphatic imine (C=N–C) groups is 1. The van der Waals surface area contributed by atoms with Gasteiger partial charge in [-0.2, -0.15) is 0 Å². The van der Waals surface area contributed by atoms with E-state index < -0.39 is 5.97 Å². The molecule has 0 amide bonds. The van der Waals surface area contributed by atoms with Gasteiger partial charge in [0.1, 0.15) is 17.2 Å². The number of carboxylic acids is 1. The first-order valence-corrected chi connectivity index (χ1v) is 9.59. The van der Waals surface area contributed by atoms with Gasteiger partial charge in [0.25, 0.3) is 0 Å². The summed E-state index contributed by atoms with van der Waals surface area (Å²) >= 11 is 0. The summed E-state index contributed by atoms with van der Waals surface area (Å²) < 4.78 is 12.9. The van der Waals surface area contributed by atoms with Gasteiger partial charge < -0.3 is 19.1 Å². The Morgan fingerprint density at radius 2 is 1.68 bits per heavy atom. The Hall–Kier alpha value is -4.32. The molecule has 154 valence electrons. The average Bonchev–Trinajstić information content (AvgIpc) is 3.27. The predicted molar refractivity (Wildman–Crippen MR) is 119 cm³/mol. The van der Waals surface area contributed by atoms with Crippen LogP contribution in [0.4, 0.5) is 5.69 Å². The van der Waals surface area contributed by atoms with Crippen LogP contribution in [0.2, 0.25) is 0 Å². The number of ether oxygens (including phenoxy) is 2. The van der Waals surface area contributed by atoms with Crippen molar-refractivity contribution in [1.82, 2.24) is 4.57 Å². The minimum absolute atomic E-state index is 0.237. The molecule has 4 rings (SSSR count). The number of aromatic nitrogens is 1. The summed E-state index contributed by atoms with van der Waals surface area (Å²) in [5, 5.41) is 9.22. The number of benzene rings is 3. The van der Waals surface area contributed by atoms with Crippen molar-refractivity contribution in [2.24, 2.45) is 4.99 Å². The van der Waals surface area contributed by atoms with Crippen LogP contribution in [0.3, 0.4) is 0 Å². The van der Waals surface area contributed by atoms with Crippen LogP contribution in [0.1, 0.15) is 16.1 Å². The van der Waals surface area contributed by atoms with Crippen molar-refractivity contribution < 1.29 is 19.4 Å². The second-order valence-corrected chi connectivity index (χ2v) is 6.69. The van der Waals surface area contributed by atoms with Crippen molar-refractivity contribution in [2.45, 2.75) is 0 Å². The first-order valence-electron chi connectivity index (χ1n) is 9.59. The van der Waals surface area contributed by atoms with Crippen LogP contribution in [-0.4, -0.2) is 29.0 Å². The molecule has 0 spiro atoms. The Labute approximate surface area is 179 Å². The van der Waals surface area contributed by atoms with Crippen LogP contribution in [0.15, 0.2) is 96.1 Å². The highest BCUT2D eigenvalue weighted by Crippen LogP contribution is 2.26. The fourth-order valence-electron chi connectivity index (χ4n) is 3.06. The van der Waals surface area contributed by atoms with Gasteiger partial charge in [0, 0.05) is 18.0 Å². The number of nitrogens with zero attached hydrogens (tertiary/aromatic N) is 2. The molecule has 0 radical (unpaired) electrons. The van der Waals surface area contributed by atoms with Gasteiger partial charge in [-0.05, 0) is 66.7 Å². The smallest absolute Gasteiger partial charge is 0.335 e. The molecule has 0 saturated carbocycles. The van der Waals surface area contributed by atoms with Crippen molar-refractivity contribution >= 4 is 17.9 Å². The zero-order valence-corrected chi connectivity index (χ0v) is 16.8. The lowest BCUT2D eigenvalue weighted by molar-refractivity contribution is 0.0697. The normalized spacial score (nSPS) is 10.9. The fraction of sp³-hybridized carbons (Fsp3) is 0.0400. The third-order valence-electron chi connectivity index (χ3n) is 4.61. The second kappa shape index (κ2) is 9.00. The molecule has 1 N–H and O–H groups in total. The maximum absolute atomic E-state index is 11.2. The van der Waals surface area contributed by atoms with E-state index in [1.807, 2.05) is 77.5 Å². The van der Waals surface area contributed by atoms with Crippen molar-refractivity contribution in [2.75, 3.05) is 7.11 Å². The first-order chi connectivity index (χ1) is 15.1. The van der Waals surface area contributed by atoms with E-state index in [1.54, 1.807) is 31.5 Å². The Kier molecular flexibility index (Phi) is 5.80. The van der Waals surface area contributed by atoms with E-state index in [9.17, 15) is 9.90 Å². The van der Waals surface area contributed by atoms with Crippen molar-refractivity contribution in [3.05, 3.63) is 102 Å². The van der Waals surface area contributed by atoms with Crippen molar-refractivity contribution in [1.29, 1.82) is 0 Å². The van der Waals surface area contributed by atoms with Crippen LogP contribution >= 0.6 is 0 Å². The standard InChI is InChI=1S/C25H20N2O4/c1-30-23-8-3-9-24(16-23)31-22-12-10-19(11-13-22)26-17-21-7-4-14-27(21)20-6-2-5-18(15-20)25(28)29/h2-17H,1H3,(H,28,29). The summed E-state index contributed by atoms with van der Waals surface area (Å²) in [6.45, 7) is 0. The molecule has 0 aliphatic rings. The number of aromatic carboxylic acids is 1. The lowest BCUT2D eigenvalue weighted by Crippen LogP contribution is -2.01. The first kappa shape index (κ1) is 20.0. The lowest BCUT2D eigenvalue weighted by atomic mass is 10.2. The third-order valence-corrected chi connectivity index (χ3v) is 4.61. The number of carbonyl (C=O) groups is 1. The quantitative estimate of drug-likeness (QED) is 0.394. The molecule has 0 saturated heterocycles. The van der Waals surface area contributed by atoms with E-state index >= 15 is 0 Å².